The first kappa shape index (κ1) is 27.1. The maximum absolute atomic E-state index is 13.5. The van der Waals surface area contributed by atoms with Crippen molar-refractivity contribution in [1.82, 2.24) is 9.88 Å². The normalized spacial score (nSPS) is 15.5. The fraction of sp³-hybridized carbons (Fsp3) is 0.278. The predicted molar refractivity (Wildman–Crippen MR) is 164 cm³/mol. The van der Waals surface area contributed by atoms with E-state index in [0.717, 1.165) is 40.9 Å². The van der Waals surface area contributed by atoms with Gasteiger partial charge in [0.05, 0.1) is 6.04 Å². The minimum absolute atomic E-state index is 0.0142. The maximum Gasteiger partial charge on any atom is 0.138 e. The molecule has 0 saturated carbocycles. The van der Waals surface area contributed by atoms with Crippen LogP contribution in [0.25, 0.3) is 11.0 Å². The Morgan fingerprint density at radius 1 is 0.951 bits per heavy atom. The molecular weight excluding hydrogens is 506 g/mol. The van der Waals surface area contributed by atoms with Crippen LogP contribution < -0.4 is 5.73 Å². The second-order valence-electron chi connectivity index (χ2n) is 11.6. The van der Waals surface area contributed by atoms with E-state index in [0.29, 0.717) is 12.8 Å². The van der Waals surface area contributed by atoms with Gasteiger partial charge in [-0.2, -0.15) is 0 Å². The Bertz CT molecular complexity index is 1680. The molecule has 2 N–H and O–H groups in total. The third kappa shape index (κ3) is 5.74. The number of carbonyl (C=O) groups excluding carboxylic acids is 1. The lowest BCUT2D eigenvalue weighted by Gasteiger charge is -2.42. The SMILES string of the molecule is Cc1ccc([C@@H](CC(=O)Cc2ccc3oc(C(c4ccncc4C)N4CC(N)C4)cc3c2)c2ccccc2)c(C)c1. The second kappa shape index (κ2) is 11.4. The van der Waals surface area contributed by atoms with Crippen LogP contribution >= 0.6 is 0 Å². The highest BCUT2D eigenvalue weighted by Gasteiger charge is 2.34. The van der Waals surface area contributed by atoms with Crippen LogP contribution in [0.1, 0.15) is 63.1 Å². The molecule has 0 bridgehead atoms. The molecule has 6 rings (SSSR count). The van der Waals surface area contributed by atoms with Gasteiger partial charge in [-0.05, 0) is 78.4 Å². The molecule has 41 heavy (non-hydrogen) atoms. The molecule has 208 valence electrons. The number of ketones is 1. The van der Waals surface area contributed by atoms with Gasteiger partial charge in [0, 0.05) is 55.7 Å². The molecule has 3 heterocycles. The highest BCUT2D eigenvalue weighted by molar-refractivity contribution is 5.85. The van der Waals surface area contributed by atoms with E-state index < -0.39 is 0 Å². The van der Waals surface area contributed by atoms with Gasteiger partial charge in [0.15, 0.2) is 0 Å². The number of furan rings is 1. The molecule has 0 radical (unpaired) electrons. The van der Waals surface area contributed by atoms with Crippen LogP contribution in [-0.4, -0.2) is 34.8 Å². The summed E-state index contributed by atoms with van der Waals surface area (Å²) in [4.78, 5) is 20.2. The summed E-state index contributed by atoms with van der Waals surface area (Å²) in [6.07, 6.45) is 4.58. The number of Topliss-reactive ketones (excluding diaryl/α,β-unsaturated/α-hetero) is 1. The Morgan fingerprint density at radius 3 is 2.49 bits per heavy atom. The number of pyridine rings is 1. The molecule has 3 aromatic carbocycles. The van der Waals surface area contributed by atoms with E-state index in [2.05, 4.69) is 91.3 Å². The van der Waals surface area contributed by atoms with Gasteiger partial charge in [-0.25, -0.2) is 0 Å². The largest absolute Gasteiger partial charge is 0.459 e. The van der Waals surface area contributed by atoms with E-state index in [9.17, 15) is 4.79 Å². The molecule has 5 heteroatoms. The zero-order valence-corrected chi connectivity index (χ0v) is 24.0. The van der Waals surface area contributed by atoms with Crippen LogP contribution in [0.5, 0.6) is 0 Å². The Labute approximate surface area is 242 Å². The second-order valence-corrected chi connectivity index (χ2v) is 11.6. The third-order valence-electron chi connectivity index (χ3n) is 8.37. The number of fused-ring (bicyclic) bond motifs is 1. The minimum atomic E-state index is -0.0142. The number of hydrogen-bond donors (Lipinski definition) is 1. The van der Waals surface area contributed by atoms with Crippen LogP contribution in [0.2, 0.25) is 0 Å². The fourth-order valence-corrected chi connectivity index (χ4v) is 6.28. The summed E-state index contributed by atoms with van der Waals surface area (Å²) >= 11 is 0. The van der Waals surface area contributed by atoms with Gasteiger partial charge >= 0.3 is 0 Å². The summed E-state index contributed by atoms with van der Waals surface area (Å²) in [5.41, 5.74) is 15.1. The quantitative estimate of drug-likeness (QED) is 0.221. The van der Waals surface area contributed by atoms with E-state index >= 15 is 0 Å². The van der Waals surface area contributed by atoms with Crippen LogP contribution in [0.3, 0.4) is 0 Å². The van der Waals surface area contributed by atoms with Gasteiger partial charge in [-0.15, -0.1) is 0 Å². The van der Waals surface area contributed by atoms with Gasteiger partial charge < -0.3 is 10.2 Å². The smallest absolute Gasteiger partial charge is 0.138 e. The van der Waals surface area contributed by atoms with Crippen LogP contribution in [0.15, 0.2) is 95.7 Å². The summed E-state index contributed by atoms with van der Waals surface area (Å²) < 4.78 is 6.41. The van der Waals surface area contributed by atoms with Gasteiger partial charge in [0.25, 0.3) is 0 Å². The summed E-state index contributed by atoms with van der Waals surface area (Å²) in [5.74, 6) is 1.14. The van der Waals surface area contributed by atoms with Gasteiger partial charge in [0.2, 0.25) is 0 Å². The molecule has 0 spiro atoms. The average molecular weight is 544 g/mol. The zero-order chi connectivity index (χ0) is 28.5. The van der Waals surface area contributed by atoms with Crippen molar-refractivity contribution in [2.24, 2.45) is 5.73 Å². The van der Waals surface area contributed by atoms with E-state index in [4.69, 9.17) is 10.2 Å². The lowest BCUT2D eigenvalue weighted by molar-refractivity contribution is -0.118. The van der Waals surface area contributed by atoms with E-state index in [1.54, 1.807) is 0 Å². The molecule has 0 amide bonds. The standard InChI is InChI=1S/C36H37N3O2/c1-23-9-11-31(24(2)15-23)33(27-7-5-4-6-8-27)19-30(40)17-26-10-12-34-28(16-26)18-35(41-34)36(39-21-29(37)22-39)32-13-14-38-20-25(32)3/h4-16,18,20,29,33,36H,17,19,21-22,37H2,1-3H3/t33-,36?/m0/s1. The van der Waals surface area contributed by atoms with Crippen molar-refractivity contribution < 1.29 is 9.21 Å². The monoisotopic (exact) mass is 543 g/mol. The number of aromatic nitrogens is 1. The summed E-state index contributed by atoms with van der Waals surface area (Å²) in [5, 5.41) is 1.01. The molecule has 1 aliphatic rings. The molecule has 5 nitrogen and oxygen atoms in total. The van der Waals surface area contributed by atoms with Crippen molar-refractivity contribution >= 4 is 16.8 Å². The Balaban J connectivity index is 1.25. The van der Waals surface area contributed by atoms with Gasteiger partial charge in [0.1, 0.15) is 17.1 Å². The van der Waals surface area contributed by atoms with Crippen LogP contribution in [0, 0.1) is 20.8 Å². The highest BCUT2D eigenvalue weighted by atomic mass is 16.3. The van der Waals surface area contributed by atoms with Crippen LogP contribution in [0.4, 0.5) is 0 Å². The molecule has 2 atom stereocenters. The van der Waals surface area contributed by atoms with Gasteiger partial charge in [-0.1, -0.05) is 60.2 Å². The lowest BCUT2D eigenvalue weighted by atomic mass is 9.83. The van der Waals surface area contributed by atoms with Crippen molar-refractivity contribution in [3.63, 3.8) is 0 Å². The Morgan fingerprint density at radius 2 is 1.76 bits per heavy atom. The van der Waals surface area contributed by atoms with Crippen molar-refractivity contribution in [2.45, 2.75) is 51.6 Å². The molecule has 2 aromatic heterocycles. The van der Waals surface area contributed by atoms with Crippen molar-refractivity contribution in [1.29, 1.82) is 0 Å². The number of benzene rings is 3. The van der Waals surface area contributed by atoms with Crippen LogP contribution in [-0.2, 0) is 11.2 Å². The number of nitrogens with zero attached hydrogens (tertiary/aromatic N) is 2. The highest BCUT2D eigenvalue weighted by Crippen LogP contribution is 2.37. The predicted octanol–water partition coefficient (Wildman–Crippen LogP) is 6.82. The topological polar surface area (TPSA) is 72.4 Å². The Hall–Kier alpha value is -4.06. The zero-order valence-electron chi connectivity index (χ0n) is 24.0. The molecule has 1 unspecified atom stereocenters. The molecule has 1 aliphatic heterocycles. The lowest BCUT2D eigenvalue weighted by Crippen LogP contribution is -2.56. The van der Waals surface area contributed by atoms with Crippen molar-refractivity contribution in [3.8, 4) is 0 Å². The molecule has 1 saturated heterocycles. The molecular formula is C36H37N3O2. The first-order chi connectivity index (χ1) is 19.9. The maximum atomic E-state index is 13.5. The number of nitrogens with two attached hydrogens (primary N) is 1. The van der Waals surface area contributed by atoms with E-state index in [-0.39, 0.29) is 23.8 Å². The first-order valence-electron chi connectivity index (χ1n) is 14.4. The van der Waals surface area contributed by atoms with Gasteiger partial charge in [-0.3, -0.25) is 14.7 Å². The van der Waals surface area contributed by atoms with Crippen molar-refractivity contribution in [3.05, 3.63) is 136 Å². The number of carbonyl (C=O) groups is 1. The third-order valence-corrected chi connectivity index (χ3v) is 8.37. The van der Waals surface area contributed by atoms with E-state index in [1.807, 2.05) is 30.6 Å². The average Bonchev–Trinajstić information content (AvgIpc) is 3.36. The Kier molecular flexibility index (Phi) is 7.57. The number of hydrogen-bond acceptors (Lipinski definition) is 5. The summed E-state index contributed by atoms with van der Waals surface area (Å²) in [6.45, 7) is 7.98. The molecule has 5 aromatic rings. The minimum Gasteiger partial charge on any atom is -0.459 e. The number of aryl methyl sites for hydroxylation is 3. The summed E-state index contributed by atoms with van der Waals surface area (Å²) in [6, 6.07) is 27.4. The van der Waals surface area contributed by atoms with E-state index in [1.165, 1.54) is 27.8 Å². The number of likely N-dealkylation sites (tertiary alicyclic amines) is 1. The number of rotatable bonds is 9. The molecule has 0 aliphatic carbocycles. The van der Waals surface area contributed by atoms with Crippen molar-refractivity contribution in [2.75, 3.05) is 13.1 Å². The molecule has 1 fully saturated rings. The first-order valence-corrected chi connectivity index (χ1v) is 14.4. The summed E-state index contributed by atoms with van der Waals surface area (Å²) in [7, 11) is 0. The fourth-order valence-electron chi connectivity index (χ4n) is 6.28.